The maximum Gasteiger partial charge on any atom is 0.338 e. The average Bonchev–Trinajstić information content (AvgIpc) is 2.96. The van der Waals surface area contributed by atoms with Crippen molar-refractivity contribution in [1.82, 2.24) is 0 Å². The molecule has 0 N–H and O–H groups in total. The maximum atomic E-state index is 12.5. The zero-order valence-electron chi connectivity index (χ0n) is 25.3. The lowest BCUT2D eigenvalue weighted by molar-refractivity contribution is -0.131. The van der Waals surface area contributed by atoms with Crippen molar-refractivity contribution in [2.45, 2.75) is 46.5 Å². The van der Waals surface area contributed by atoms with E-state index in [0.717, 1.165) is 25.7 Å². The van der Waals surface area contributed by atoms with Crippen LogP contribution in [0.3, 0.4) is 0 Å². The van der Waals surface area contributed by atoms with Crippen LogP contribution < -0.4 is 18.9 Å². The Morgan fingerprint density at radius 1 is 0.667 bits per heavy atom. The van der Waals surface area contributed by atoms with Crippen LogP contribution in [0.1, 0.15) is 46.5 Å². The van der Waals surface area contributed by atoms with Crippen molar-refractivity contribution in [3.8, 4) is 34.1 Å². The Morgan fingerprint density at radius 3 is 1.95 bits per heavy atom. The average molecular weight is 585 g/mol. The van der Waals surface area contributed by atoms with Crippen molar-refractivity contribution < 1.29 is 42.7 Å². The number of hydrogen-bond acceptors (Lipinski definition) is 9. The van der Waals surface area contributed by atoms with Gasteiger partial charge in [-0.1, -0.05) is 45.4 Å². The third-order valence-electron chi connectivity index (χ3n) is 5.87. The van der Waals surface area contributed by atoms with Crippen molar-refractivity contribution in [2.75, 3.05) is 53.4 Å². The zero-order chi connectivity index (χ0) is 30.7. The first-order chi connectivity index (χ1) is 20.3. The summed E-state index contributed by atoms with van der Waals surface area (Å²) in [7, 11) is 1.62. The normalized spacial score (nSPS) is 10.7. The van der Waals surface area contributed by atoms with Crippen molar-refractivity contribution in [3.05, 3.63) is 60.7 Å². The minimum absolute atomic E-state index is 0.192. The quantitative estimate of drug-likeness (QED) is 0.0721. The number of benzene rings is 2. The Balaban J connectivity index is 2.23. The fraction of sp³-hybridized carbons (Fsp3) is 0.455. The smallest absolute Gasteiger partial charge is 0.338 e. The second kappa shape index (κ2) is 19.5. The number of carbonyl (C=O) groups is 2. The summed E-state index contributed by atoms with van der Waals surface area (Å²) in [5.41, 5.74) is 1.73. The molecule has 0 atom stereocenters. The van der Waals surface area contributed by atoms with E-state index in [2.05, 4.69) is 20.1 Å². The van der Waals surface area contributed by atoms with Crippen molar-refractivity contribution in [1.29, 1.82) is 0 Å². The second-order valence-corrected chi connectivity index (χ2v) is 9.63. The molecule has 0 saturated carbocycles. The minimum Gasteiger partial charge on any atom is -0.493 e. The predicted molar refractivity (Wildman–Crippen MR) is 161 cm³/mol. The van der Waals surface area contributed by atoms with E-state index in [1.165, 1.54) is 0 Å². The number of methoxy groups -OCH3 is 1. The largest absolute Gasteiger partial charge is 0.493 e. The summed E-state index contributed by atoms with van der Waals surface area (Å²) in [6.45, 7) is 15.6. The SMILES string of the molecule is C=C(C)C(=O)Oc1cc(-c2ccc(OCCCCCC)cc2OC(=O)C(=C)C)ccc1OCCOCCOCCOC. The summed E-state index contributed by atoms with van der Waals surface area (Å²) in [5, 5.41) is 0. The highest BCUT2D eigenvalue weighted by molar-refractivity contribution is 5.91. The van der Waals surface area contributed by atoms with Gasteiger partial charge in [0.15, 0.2) is 11.5 Å². The molecular weight excluding hydrogens is 540 g/mol. The van der Waals surface area contributed by atoms with Crippen LogP contribution >= 0.6 is 0 Å². The van der Waals surface area contributed by atoms with E-state index in [9.17, 15) is 9.59 Å². The van der Waals surface area contributed by atoms with E-state index in [1.54, 1.807) is 51.3 Å². The third kappa shape index (κ3) is 12.5. The van der Waals surface area contributed by atoms with Crippen LogP contribution in [-0.2, 0) is 23.8 Å². The maximum absolute atomic E-state index is 12.5. The monoisotopic (exact) mass is 584 g/mol. The summed E-state index contributed by atoms with van der Waals surface area (Å²) < 4.78 is 38.9. The first-order valence-electron chi connectivity index (χ1n) is 14.2. The van der Waals surface area contributed by atoms with E-state index >= 15 is 0 Å². The Bertz CT molecular complexity index is 1170. The predicted octanol–water partition coefficient (Wildman–Crippen LogP) is 6.33. The molecular formula is C33H44O9. The molecule has 0 heterocycles. The van der Waals surface area contributed by atoms with E-state index in [1.807, 2.05) is 6.07 Å². The molecule has 0 aliphatic heterocycles. The summed E-state index contributed by atoms with van der Waals surface area (Å²) in [6, 6.07) is 10.4. The van der Waals surface area contributed by atoms with Crippen LogP contribution in [0.4, 0.5) is 0 Å². The molecule has 2 rings (SSSR count). The van der Waals surface area contributed by atoms with E-state index in [4.69, 9.17) is 33.2 Å². The lowest BCUT2D eigenvalue weighted by atomic mass is 10.0. The number of unbranched alkanes of at least 4 members (excludes halogenated alkanes) is 3. The Kier molecular flexibility index (Phi) is 16.0. The Hall–Kier alpha value is -3.66. The van der Waals surface area contributed by atoms with Crippen LogP contribution in [-0.4, -0.2) is 65.3 Å². The molecule has 9 heteroatoms. The van der Waals surface area contributed by atoms with Crippen LogP contribution in [0.5, 0.6) is 23.0 Å². The van der Waals surface area contributed by atoms with Crippen molar-refractivity contribution in [3.63, 3.8) is 0 Å². The Labute approximate surface area is 249 Å². The molecule has 0 fully saturated rings. The van der Waals surface area contributed by atoms with Gasteiger partial charge in [0.05, 0.1) is 39.6 Å². The first kappa shape index (κ1) is 34.5. The fourth-order valence-corrected chi connectivity index (χ4v) is 3.56. The summed E-state index contributed by atoms with van der Waals surface area (Å²) >= 11 is 0. The first-order valence-corrected chi connectivity index (χ1v) is 14.2. The standard InChI is InChI=1S/C33H44O9/c1-7-8-9-10-15-39-27-12-13-28(30(23-27)41-32(34)24(2)3)26-11-14-29(31(22-26)42-33(35)25(4)5)40-21-20-38-19-18-37-17-16-36-6/h11-14,22-23H,2,4,7-10,15-21H2,1,3,5-6H3. The van der Waals surface area contributed by atoms with Crippen molar-refractivity contribution >= 4 is 11.9 Å². The molecule has 2 aromatic carbocycles. The number of hydrogen-bond donors (Lipinski definition) is 0. The van der Waals surface area contributed by atoms with E-state index in [-0.39, 0.29) is 23.5 Å². The van der Waals surface area contributed by atoms with Gasteiger partial charge in [0.2, 0.25) is 0 Å². The van der Waals surface area contributed by atoms with Crippen LogP contribution in [0.25, 0.3) is 11.1 Å². The summed E-state index contributed by atoms with van der Waals surface area (Å²) in [5.74, 6) is 0.257. The van der Waals surface area contributed by atoms with Gasteiger partial charge < -0.3 is 33.2 Å². The third-order valence-corrected chi connectivity index (χ3v) is 5.87. The highest BCUT2D eigenvalue weighted by atomic mass is 16.6. The van der Waals surface area contributed by atoms with Gasteiger partial charge in [-0.3, -0.25) is 0 Å². The molecule has 0 radical (unpaired) electrons. The van der Waals surface area contributed by atoms with E-state index in [0.29, 0.717) is 68.0 Å². The topological polar surface area (TPSA) is 98.8 Å². The molecule has 0 spiro atoms. The van der Waals surface area contributed by atoms with Gasteiger partial charge >= 0.3 is 11.9 Å². The molecule has 0 aromatic heterocycles. The second-order valence-electron chi connectivity index (χ2n) is 9.63. The van der Waals surface area contributed by atoms with Gasteiger partial charge in [-0.05, 0) is 50.1 Å². The van der Waals surface area contributed by atoms with Gasteiger partial charge in [-0.15, -0.1) is 0 Å². The number of esters is 2. The van der Waals surface area contributed by atoms with Crippen LogP contribution in [0.15, 0.2) is 60.7 Å². The molecule has 9 nitrogen and oxygen atoms in total. The summed E-state index contributed by atoms with van der Waals surface area (Å²) in [4.78, 5) is 24.9. The molecule has 0 amide bonds. The van der Waals surface area contributed by atoms with E-state index < -0.39 is 11.9 Å². The molecule has 0 bridgehead atoms. The number of ether oxygens (including phenoxy) is 7. The Morgan fingerprint density at radius 2 is 1.31 bits per heavy atom. The number of carbonyl (C=O) groups excluding carboxylic acids is 2. The van der Waals surface area contributed by atoms with Gasteiger partial charge in [-0.25, -0.2) is 9.59 Å². The van der Waals surface area contributed by atoms with Crippen LogP contribution in [0, 0.1) is 0 Å². The molecule has 0 aliphatic rings. The lowest BCUT2D eigenvalue weighted by Gasteiger charge is -2.16. The van der Waals surface area contributed by atoms with Gasteiger partial charge in [0, 0.05) is 29.9 Å². The summed E-state index contributed by atoms with van der Waals surface area (Å²) in [6.07, 6.45) is 4.31. The molecule has 0 unspecified atom stereocenters. The molecule has 0 aliphatic carbocycles. The molecule has 2 aromatic rings. The fourth-order valence-electron chi connectivity index (χ4n) is 3.56. The molecule has 0 saturated heterocycles. The van der Waals surface area contributed by atoms with Crippen molar-refractivity contribution in [2.24, 2.45) is 0 Å². The highest BCUT2D eigenvalue weighted by Crippen LogP contribution is 2.39. The van der Waals surface area contributed by atoms with Gasteiger partial charge in [-0.2, -0.15) is 0 Å². The van der Waals surface area contributed by atoms with Gasteiger partial charge in [0.25, 0.3) is 0 Å². The molecule has 42 heavy (non-hydrogen) atoms. The van der Waals surface area contributed by atoms with Crippen LogP contribution in [0.2, 0.25) is 0 Å². The highest BCUT2D eigenvalue weighted by Gasteiger charge is 2.18. The van der Waals surface area contributed by atoms with Gasteiger partial charge in [0.1, 0.15) is 18.1 Å². The lowest BCUT2D eigenvalue weighted by Crippen LogP contribution is -2.13. The minimum atomic E-state index is -0.595. The molecule has 230 valence electrons. The zero-order valence-corrected chi connectivity index (χ0v) is 25.3. The number of rotatable bonds is 21.